The molecule has 0 spiro atoms. The zero-order chi connectivity index (χ0) is 14.2. The summed E-state index contributed by atoms with van der Waals surface area (Å²) in [5.41, 5.74) is 0. The molecular formula is C13H30N2S3. The standard InChI is InChI=1S/C13H30N2S3/c1-9-16(3,4)14-12-11-13-15(18(14,7)8)17(5,6)10-2/h9-10H,1-2,11-13H2,3-8H3. The maximum absolute atomic E-state index is 4.06. The van der Waals surface area contributed by atoms with Crippen molar-refractivity contribution in [1.29, 1.82) is 0 Å². The van der Waals surface area contributed by atoms with Gasteiger partial charge in [0.25, 0.3) is 0 Å². The Morgan fingerprint density at radius 2 is 1.22 bits per heavy atom. The average molecular weight is 311 g/mol. The summed E-state index contributed by atoms with van der Waals surface area (Å²) in [6, 6.07) is 0. The summed E-state index contributed by atoms with van der Waals surface area (Å²) in [6.07, 6.45) is 15.5. The van der Waals surface area contributed by atoms with Crippen LogP contribution in [0.15, 0.2) is 24.0 Å². The lowest BCUT2D eigenvalue weighted by Crippen LogP contribution is -2.45. The lowest BCUT2D eigenvalue weighted by Gasteiger charge is -2.64. The molecule has 110 valence electrons. The van der Waals surface area contributed by atoms with E-state index in [1.807, 2.05) is 0 Å². The van der Waals surface area contributed by atoms with Gasteiger partial charge in [0.05, 0.1) is 0 Å². The van der Waals surface area contributed by atoms with E-state index in [1.165, 1.54) is 19.5 Å². The number of nitrogens with zero attached hydrogens (tertiary/aromatic N) is 2. The van der Waals surface area contributed by atoms with E-state index in [4.69, 9.17) is 0 Å². The normalized spacial score (nSPS) is 26.3. The first-order chi connectivity index (χ1) is 8.09. The molecule has 1 fully saturated rings. The van der Waals surface area contributed by atoms with Crippen LogP contribution < -0.4 is 0 Å². The van der Waals surface area contributed by atoms with E-state index in [0.29, 0.717) is 0 Å². The lowest BCUT2D eigenvalue weighted by atomic mass is 10.4. The van der Waals surface area contributed by atoms with Crippen molar-refractivity contribution in [2.75, 3.05) is 50.6 Å². The molecule has 0 aliphatic carbocycles. The van der Waals surface area contributed by atoms with Gasteiger partial charge < -0.3 is 0 Å². The summed E-state index contributed by atoms with van der Waals surface area (Å²) in [6.45, 7) is 10.5. The molecular weight excluding hydrogens is 280 g/mol. The molecule has 0 aromatic carbocycles. The number of hydrogen-bond acceptors (Lipinski definition) is 2. The molecule has 0 radical (unpaired) electrons. The fraction of sp³-hybridized carbons (Fsp3) is 0.692. The van der Waals surface area contributed by atoms with Crippen LogP contribution in [0.25, 0.3) is 0 Å². The van der Waals surface area contributed by atoms with Crippen LogP contribution in [-0.2, 0) is 0 Å². The van der Waals surface area contributed by atoms with Gasteiger partial charge in [-0.2, -0.15) is 20.4 Å². The molecule has 18 heavy (non-hydrogen) atoms. The van der Waals surface area contributed by atoms with E-state index in [2.05, 4.69) is 68.9 Å². The highest BCUT2D eigenvalue weighted by Crippen LogP contribution is 2.71. The Labute approximate surface area is 119 Å². The van der Waals surface area contributed by atoms with Crippen LogP contribution in [0, 0.1) is 0 Å². The molecule has 5 heteroatoms. The SMILES string of the molecule is C=CS(C)(C)N1CCCN(S(C)(C)C=C)S1(C)C. The van der Waals surface area contributed by atoms with Crippen molar-refractivity contribution < 1.29 is 0 Å². The summed E-state index contributed by atoms with van der Waals surface area (Å²) in [5.74, 6) is 0. The Bertz CT molecular complexity index is 307. The molecule has 1 rings (SSSR count). The van der Waals surface area contributed by atoms with Crippen molar-refractivity contribution >= 4 is 30.8 Å². The zero-order valence-corrected chi connectivity index (χ0v) is 15.3. The van der Waals surface area contributed by atoms with Crippen LogP contribution in [0.5, 0.6) is 0 Å². The molecule has 1 saturated heterocycles. The van der Waals surface area contributed by atoms with Gasteiger partial charge in [-0.05, 0) is 54.8 Å². The Morgan fingerprint density at radius 3 is 1.50 bits per heavy atom. The Kier molecular flexibility index (Phi) is 4.99. The van der Waals surface area contributed by atoms with Gasteiger partial charge >= 0.3 is 0 Å². The highest BCUT2D eigenvalue weighted by molar-refractivity contribution is 8.50. The predicted molar refractivity (Wildman–Crippen MR) is 96.7 cm³/mol. The van der Waals surface area contributed by atoms with E-state index < -0.39 is 30.8 Å². The van der Waals surface area contributed by atoms with E-state index in [0.717, 1.165) is 0 Å². The second kappa shape index (κ2) is 5.44. The van der Waals surface area contributed by atoms with Gasteiger partial charge in [0, 0.05) is 13.1 Å². The molecule has 1 heterocycles. The molecule has 0 aromatic heterocycles. The highest BCUT2D eigenvalue weighted by Gasteiger charge is 2.41. The Hall–Kier alpha value is 0.450. The first-order valence-electron chi connectivity index (χ1n) is 6.10. The fourth-order valence-electron chi connectivity index (χ4n) is 2.45. The van der Waals surface area contributed by atoms with Crippen molar-refractivity contribution in [1.82, 2.24) is 7.42 Å². The molecule has 0 bridgehead atoms. The summed E-state index contributed by atoms with van der Waals surface area (Å²) < 4.78 is 5.46. The third-order valence-corrected chi connectivity index (χ3v) is 14.5. The topological polar surface area (TPSA) is 6.48 Å². The van der Waals surface area contributed by atoms with Crippen molar-refractivity contribution in [3.63, 3.8) is 0 Å². The van der Waals surface area contributed by atoms with Crippen LogP contribution in [0.4, 0.5) is 0 Å². The zero-order valence-electron chi connectivity index (χ0n) is 12.8. The van der Waals surface area contributed by atoms with Gasteiger partial charge in [-0.1, -0.05) is 13.2 Å². The van der Waals surface area contributed by atoms with Crippen molar-refractivity contribution in [3.8, 4) is 0 Å². The first kappa shape index (κ1) is 16.5. The summed E-state index contributed by atoms with van der Waals surface area (Å²) in [4.78, 5) is 0. The minimum absolute atomic E-state index is 0.859. The maximum Gasteiger partial charge on any atom is 0.0197 e. The monoisotopic (exact) mass is 310 g/mol. The van der Waals surface area contributed by atoms with Crippen LogP contribution in [0.1, 0.15) is 6.42 Å². The molecule has 0 unspecified atom stereocenters. The van der Waals surface area contributed by atoms with Crippen LogP contribution in [-0.4, -0.2) is 58.0 Å². The first-order valence-corrected chi connectivity index (χ1v) is 13.4. The lowest BCUT2D eigenvalue weighted by molar-refractivity contribution is 0.524. The van der Waals surface area contributed by atoms with E-state index >= 15 is 0 Å². The second-order valence-electron chi connectivity index (χ2n) is 5.72. The van der Waals surface area contributed by atoms with Crippen LogP contribution in [0.3, 0.4) is 0 Å². The third kappa shape index (κ3) is 2.96. The summed E-state index contributed by atoms with van der Waals surface area (Å²) in [7, 11) is -2.62. The van der Waals surface area contributed by atoms with Crippen molar-refractivity contribution in [3.05, 3.63) is 24.0 Å². The van der Waals surface area contributed by atoms with Gasteiger partial charge in [-0.25, -0.2) is 7.42 Å². The molecule has 0 atom stereocenters. The van der Waals surface area contributed by atoms with Gasteiger partial charge in [0.2, 0.25) is 0 Å². The number of rotatable bonds is 4. The smallest absolute Gasteiger partial charge is 0.0197 e. The summed E-state index contributed by atoms with van der Waals surface area (Å²) in [5, 5.41) is 4.34. The molecule has 1 aliphatic rings. The van der Waals surface area contributed by atoms with E-state index in [1.54, 1.807) is 0 Å². The average Bonchev–Trinajstić information content (AvgIpc) is 2.27. The van der Waals surface area contributed by atoms with Crippen molar-refractivity contribution in [2.45, 2.75) is 6.42 Å². The van der Waals surface area contributed by atoms with Gasteiger partial charge in [-0.3, -0.25) is 0 Å². The molecule has 1 aliphatic heterocycles. The molecule has 0 saturated carbocycles. The molecule has 0 aromatic rings. The van der Waals surface area contributed by atoms with Crippen LogP contribution >= 0.6 is 30.8 Å². The summed E-state index contributed by atoms with van der Waals surface area (Å²) >= 11 is 0. The Balaban J connectivity index is 3.13. The predicted octanol–water partition coefficient (Wildman–Crippen LogP) is 4.13. The minimum atomic E-state index is -0.906. The quantitative estimate of drug-likeness (QED) is 0.770. The van der Waals surface area contributed by atoms with Gasteiger partial charge in [-0.15, -0.1) is 10.4 Å². The second-order valence-corrected chi connectivity index (χ2v) is 16.5. The van der Waals surface area contributed by atoms with Gasteiger partial charge in [0.1, 0.15) is 0 Å². The van der Waals surface area contributed by atoms with Crippen molar-refractivity contribution in [2.24, 2.45) is 0 Å². The Morgan fingerprint density at radius 1 is 0.889 bits per heavy atom. The highest BCUT2D eigenvalue weighted by atomic mass is 32.4. The fourth-order valence-corrected chi connectivity index (χ4v) is 13.8. The minimum Gasteiger partial charge on any atom is -0.215 e. The van der Waals surface area contributed by atoms with Crippen LogP contribution in [0.2, 0.25) is 0 Å². The maximum atomic E-state index is 4.06. The van der Waals surface area contributed by atoms with Gasteiger partial charge in [0.15, 0.2) is 0 Å². The molecule has 0 N–H and O–H groups in total. The molecule has 2 nitrogen and oxygen atoms in total. The largest absolute Gasteiger partial charge is 0.215 e. The van der Waals surface area contributed by atoms with E-state index in [9.17, 15) is 0 Å². The number of hydrogen-bond donors (Lipinski definition) is 0. The third-order valence-electron chi connectivity index (χ3n) is 3.54. The molecule has 0 amide bonds. The van der Waals surface area contributed by atoms with E-state index in [-0.39, 0.29) is 0 Å².